The monoisotopic (exact) mass is 271 g/mol. The van der Waals surface area contributed by atoms with Crippen LogP contribution in [-0.4, -0.2) is 34.6 Å². The van der Waals surface area contributed by atoms with Gasteiger partial charge in [0.2, 0.25) is 0 Å². The number of nitrogens with one attached hydrogen (secondary N) is 1. The van der Waals surface area contributed by atoms with Crippen molar-refractivity contribution in [3.63, 3.8) is 0 Å². The lowest BCUT2D eigenvalue weighted by Crippen LogP contribution is -2.25. The van der Waals surface area contributed by atoms with Crippen molar-refractivity contribution in [2.45, 2.75) is 19.4 Å². The summed E-state index contributed by atoms with van der Waals surface area (Å²) in [4.78, 5) is 2.49. The number of fused-ring (bicyclic) bond motifs is 1. The van der Waals surface area contributed by atoms with Crippen LogP contribution in [-0.2, 0) is 20.0 Å². The molecule has 1 aliphatic heterocycles. The third-order valence-electron chi connectivity index (χ3n) is 3.72. The van der Waals surface area contributed by atoms with Gasteiger partial charge < -0.3 is 10.2 Å². The Hall–Kier alpha value is -1.88. The van der Waals surface area contributed by atoms with Gasteiger partial charge in [-0.15, -0.1) is 5.10 Å². The molecule has 0 unspecified atom stereocenters. The summed E-state index contributed by atoms with van der Waals surface area (Å²) >= 11 is 0. The van der Waals surface area contributed by atoms with Gasteiger partial charge in [-0.05, 0) is 31.0 Å². The number of hydrogen-bond donors (Lipinski definition) is 1. The molecule has 0 radical (unpaired) electrons. The molecule has 1 N–H and O–H groups in total. The van der Waals surface area contributed by atoms with E-state index in [4.69, 9.17) is 0 Å². The Bertz CT molecular complexity index is 563. The molecule has 3 rings (SSSR count). The van der Waals surface area contributed by atoms with E-state index in [2.05, 4.69) is 44.8 Å². The van der Waals surface area contributed by atoms with Crippen molar-refractivity contribution in [2.24, 2.45) is 7.05 Å². The summed E-state index contributed by atoms with van der Waals surface area (Å²) in [6.07, 6.45) is 4.28. The molecular formula is C15H21N5. The molecule has 5 nitrogen and oxygen atoms in total. The van der Waals surface area contributed by atoms with Crippen molar-refractivity contribution in [1.29, 1.82) is 0 Å². The van der Waals surface area contributed by atoms with Gasteiger partial charge in [-0.25, -0.2) is 0 Å². The van der Waals surface area contributed by atoms with Gasteiger partial charge in [0.05, 0.1) is 5.69 Å². The van der Waals surface area contributed by atoms with Crippen LogP contribution in [0, 0.1) is 0 Å². The van der Waals surface area contributed by atoms with Crippen molar-refractivity contribution in [3.05, 3.63) is 41.7 Å². The maximum atomic E-state index is 4.06. The summed E-state index contributed by atoms with van der Waals surface area (Å²) in [5, 5.41) is 11.4. The first kappa shape index (κ1) is 13.1. The van der Waals surface area contributed by atoms with Crippen molar-refractivity contribution in [1.82, 2.24) is 20.3 Å². The number of nitrogens with zero attached hydrogens (tertiary/aromatic N) is 4. The van der Waals surface area contributed by atoms with Crippen molar-refractivity contribution >= 4 is 5.69 Å². The van der Waals surface area contributed by atoms with Crippen LogP contribution in [0.15, 0.2) is 30.5 Å². The number of aryl methyl sites for hydroxylation is 1. The van der Waals surface area contributed by atoms with Crippen molar-refractivity contribution in [3.8, 4) is 0 Å². The fraction of sp³-hybridized carbons (Fsp3) is 0.467. The predicted molar refractivity (Wildman–Crippen MR) is 79.7 cm³/mol. The summed E-state index contributed by atoms with van der Waals surface area (Å²) in [5.74, 6) is 0. The van der Waals surface area contributed by atoms with Gasteiger partial charge in [0.25, 0.3) is 0 Å². The van der Waals surface area contributed by atoms with E-state index in [1.165, 1.54) is 17.7 Å². The predicted octanol–water partition coefficient (Wildman–Crippen LogP) is 1.36. The molecule has 0 saturated carbocycles. The molecule has 0 fully saturated rings. The Morgan fingerprint density at radius 2 is 2.20 bits per heavy atom. The van der Waals surface area contributed by atoms with Gasteiger partial charge in [-0.2, -0.15) is 0 Å². The molecular weight excluding hydrogens is 250 g/mol. The van der Waals surface area contributed by atoms with Crippen LogP contribution in [0.2, 0.25) is 0 Å². The normalized spacial score (nSPS) is 13.8. The number of hydrogen-bond acceptors (Lipinski definition) is 4. The van der Waals surface area contributed by atoms with Crippen LogP contribution in [0.1, 0.15) is 17.7 Å². The molecule has 0 atom stereocenters. The van der Waals surface area contributed by atoms with E-state index in [1.54, 1.807) is 4.68 Å². The second kappa shape index (κ2) is 6.05. The summed E-state index contributed by atoms with van der Waals surface area (Å²) in [7, 11) is 1.89. The zero-order valence-electron chi connectivity index (χ0n) is 11.9. The summed E-state index contributed by atoms with van der Waals surface area (Å²) in [5.41, 5.74) is 3.90. The van der Waals surface area contributed by atoms with Crippen molar-refractivity contribution < 1.29 is 0 Å². The maximum absolute atomic E-state index is 4.06. The molecule has 1 aromatic carbocycles. The van der Waals surface area contributed by atoms with Crippen molar-refractivity contribution in [2.75, 3.05) is 24.5 Å². The molecule has 1 aliphatic rings. The highest BCUT2D eigenvalue weighted by atomic mass is 15.4. The molecule has 0 amide bonds. The summed E-state index contributed by atoms with van der Waals surface area (Å²) in [6.45, 7) is 4.08. The number of para-hydroxylation sites is 1. The summed E-state index contributed by atoms with van der Waals surface area (Å²) < 4.78 is 1.73. The van der Waals surface area contributed by atoms with E-state index in [0.717, 1.165) is 38.3 Å². The number of anilines is 1. The molecule has 0 saturated heterocycles. The fourth-order valence-electron chi connectivity index (χ4n) is 2.73. The van der Waals surface area contributed by atoms with Crippen LogP contribution >= 0.6 is 0 Å². The second-order valence-electron chi connectivity index (χ2n) is 5.28. The Balaban J connectivity index is 1.39. The molecule has 0 spiro atoms. The zero-order valence-corrected chi connectivity index (χ0v) is 11.9. The van der Waals surface area contributed by atoms with Crippen LogP contribution in [0.5, 0.6) is 0 Å². The molecule has 5 heteroatoms. The van der Waals surface area contributed by atoms with E-state index in [-0.39, 0.29) is 0 Å². The van der Waals surface area contributed by atoms with Gasteiger partial charge in [-0.1, -0.05) is 23.4 Å². The van der Waals surface area contributed by atoms with Gasteiger partial charge in [0, 0.05) is 38.6 Å². The molecule has 2 heterocycles. The highest BCUT2D eigenvalue weighted by molar-refractivity contribution is 5.57. The van der Waals surface area contributed by atoms with Gasteiger partial charge in [0.1, 0.15) is 0 Å². The third kappa shape index (κ3) is 2.99. The standard InChI is InChI=1S/C15H21N5/c1-19-12-14(17-18-19)11-16-8-4-9-20-10-7-13-5-2-3-6-15(13)20/h2-3,5-6,12,16H,4,7-11H2,1H3. The van der Waals surface area contributed by atoms with Gasteiger partial charge in [0.15, 0.2) is 0 Å². The lowest BCUT2D eigenvalue weighted by atomic mass is 10.2. The molecule has 0 bridgehead atoms. The molecule has 1 aromatic heterocycles. The molecule has 20 heavy (non-hydrogen) atoms. The highest BCUT2D eigenvalue weighted by Crippen LogP contribution is 2.27. The minimum atomic E-state index is 0.796. The van der Waals surface area contributed by atoms with Gasteiger partial charge in [-0.3, -0.25) is 4.68 Å². The van der Waals surface area contributed by atoms with Crippen LogP contribution in [0.3, 0.4) is 0 Å². The Kier molecular flexibility index (Phi) is 3.97. The zero-order chi connectivity index (χ0) is 13.8. The SMILES string of the molecule is Cn1cc(CNCCCN2CCc3ccccc32)nn1. The van der Waals surface area contributed by atoms with E-state index in [9.17, 15) is 0 Å². The van der Waals surface area contributed by atoms with Gasteiger partial charge >= 0.3 is 0 Å². The number of benzene rings is 1. The van der Waals surface area contributed by atoms with E-state index < -0.39 is 0 Å². The minimum Gasteiger partial charge on any atom is -0.371 e. The highest BCUT2D eigenvalue weighted by Gasteiger charge is 2.17. The fourth-order valence-corrected chi connectivity index (χ4v) is 2.73. The quantitative estimate of drug-likeness (QED) is 0.806. The Morgan fingerprint density at radius 3 is 3.05 bits per heavy atom. The van der Waals surface area contributed by atoms with E-state index in [1.807, 2.05) is 13.2 Å². The molecule has 106 valence electrons. The number of aromatic nitrogens is 3. The molecule has 0 aliphatic carbocycles. The van der Waals surface area contributed by atoms with E-state index in [0.29, 0.717) is 0 Å². The second-order valence-corrected chi connectivity index (χ2v) is 5.28. The minimum absolute atomic E-state index is 0.796. The Labute approximate surface area is 119 Å². The summed E-state index contributed by atoms with van der Waals surface area (Å²) in [6, 6.07) is 8.73. The Morgan fingerprint density at radius 1 is 1.30 bits per heavy atom. The lowest BCUT2D eigenvalue weighted by Gasteiger charge is -2.19. The topological polar surface area (TPSA) is 46.0 Å². The first-order valence-electron chi connectivity index (χ1n) is 7.22. The van der Waals surface area contributed by atoms with Crippen LogP contribution < -0.4 is 10.2 Å². The van der Waals surface area contributed by atoms with Crippen LogP contribution in [0.25, 0.3) is 0 Å². The third-order valence-corrected chi connectivity index (χ3v) is 3.72. The average Bonchev–Trinajstić information content (AvgIpc) is 3.05. The molecule has 2 aromatic rings. The smallest absolute Gasteiger partial charge is 0.0964 e. The average molecular weight is 271 g/mol. The maximum Gasteiger partial charge on any atom is 0.0964 e. The first-order chi connectivity index (χ1) is 9.83. The van der Waals surface area contributed by atoms with E-state index >= 15 is 0 Å². The van der Waals surface area contributed by atoms with Crippen LogP contribution in [0.4, 0.5) is 5.69 Å². The lowest BCUT2D eigenvalue weighted by molar-refractivity contribution is 0.629. The largest absolute Gasteiger partial charge is 0.371 e. The number of rotatable bonds is 6. The first-order valence-corrected chi connectivity index (χ1v) is 7.22.